The highest BCUT2D eigenvalue weighted by atomic mass is 35.5. The Labute approximate surface area is 210 Å². The topological polar surface area (TPSA) is 82.8 Å². The maximum Gasteiger partial charge on any atom is 0.388 e. The van der Waals surface area contributed by atoms with Crippen LogP contribution in [-0.2, 0) is 24.9 Å². The predicted octanol–water partition coefficient (Wildman–Crippen LogP) is 2.48. The van der Waals surface area contributed by atoms with Crippen molar-refractivity contribution >= 4 is 17.6 Å². The number of nitrogens with zero attached hydrogens (tertiary/aromatic N) is 2. The molecule has 0 amide bonds. The van der Waals surface area contributed by atoms with Gasteiger partial charge in [-0.2, -0.15) is 13.9 Å². The number of benzene rings is 2. The SMILES string of the molecule is CCc1ccc(COc2ccc(-c3nn(C)c(OC(F)F)c3Cl)c(F)c2)c(OC(C)C(=O)O)c1.[Cl-]. The normalized spacial score (nSPS) is 11.7. The zero-order valence-corrected chi connectivity index (χ0v) is 20.4. The molecule has 1 unspecified atom stereocenters. The summed E-state index contributed by atoms with van der Waals surface area (Å²) in [4.78, 5) is 11.2. The highest BCUT2D eigenvalue weighted by Crippen LogP contribution is 2.37. The van der Waals surface area contributed by atoms with Gasteiger partial charge in [-0.1, -0.05) is 30.7 Å². The van der Waals surface area contributed by atoms with Gasteiger partial charge in [0.05, 0.1) is 0 Å². The molecule has 7 nitrogen and oxygen atoms in total. The molecule has 0 fully saturated rings. The second-order valence-corrected chi connectivity index (χ2v) is 7.67. The van der Waals surface area contributed by atoms with Crippen LogP contribution in [0.2, 0.25) is 5.02 Å². The Balaban J connectivity index is 0.00000432. The number of rotatable bonds is 10. The zero-order chi connectivity index (χ0) is 25.0. The standard InChI is InChI=1S/C23H22ClF3N2O5.ClH/c1-4-13-5-6-14(18(9-13)33-12(2)22(30)31)11-32-15-7-8-16(17(25)10-15)20-19(24)21(29(3)28-20)34-23(26)27;/h5-10,12,23H,4,11H2,1-3H3,(H,30,31);1H/p-1. The first-order chi connectivity index (χ1) is 16.1. The van der Waals surface area contributed by atoms with Crippen molar-refractivity contribution in [1.29, 1.82) is 0 Å². The average Bonchev–Trinajstić information content (AvgIpc) is 3.05. The quantitative estimate of drug-likeness (QED) is 0.431. The fourth-order valence-corrected chi connectivity index (χ4v) is 3.40. The van der Waals surface area contributed by atoms with Gasteiger partial charge in [0.25, 0.3) is 0 Å². The highest BCUT2D eigenvalue weighted by molar-refractivity contribution is 6.34. The molecule has 0 aliphatic rings. The summed E-state index contributed by atoms with van der Waals surface area (Å²) in [5.74, 6) is -1.70. The number of hydrogen-bond donors (Lipinski definition) is 1. The number of alkyl halides is 2. The van der Waals surface area contributed by atoms with E-state index >= 15 is 0 Å². The summed E-state index contributed by atoms with van der Waals surface area (Å²) in [6.07, 6.45) is -0.337. The number of carboxylic acids is 1. The Morgan fingerprint density at radius 1 is 1.20 bits per heavy atom. The van der Waals surface area contributed by atoms with Crippen LogP contribution in [0, 0.1) is 5.82 Å². The minimum atomic E-state index is -3.11. The number of ether oxygens (including phenoxy) is 3. The molecule has 2 aromatic carbocycles. The van der Waals surface area contributed by atoms with Gasteiger partial charge in [0.1, 0.15) is 34.6 Å². The molecular formula is C23H22Cl2F3N2O5-. The van der Waals surface area contributed by atoms with E-state index in [1.165, 1.54) is 26.1 Å². The van der Waals surface area contributed by atoms with Crippen molar-refractivity contribution in [3.8, 4) is 28.6 Å². The van der Waals surface area contributed by atoms with Crippen LogP contribution >= 0.6 is 11.6 Å². The molecule has 1 N–H and O–H groups in total. The molecule has 12 heteroatoms. The number of halogens is 5. The fraction of sp³-hybridized carbons (Fsp3) is 0.304. The summed E-state index contributed by atoms with van der Waals surface area (Å²) < 4.78 is 56.5. The monoisotopic (exact) mass is 533 g/mol. The Kier molecular flexibility index (Phi) is 9.67. The molecule has 3 rings (SSSR count). The zero-order valence-electron chi connectivity index (χ0n) is 18.9. The van der Waals surface area contributed by atoms with E-state index in [1.807, 2.05) is 13.0 Å². The average molecular weight is 534 g/mol. The highest BCUT2D eigenvalue weighted by Gasteiger charge is 2.22. The largest absolute Gasteiger partial charge is 1.00 e. The lowest BCUT2D eigenvalue weighted by molar-refractivity contribution is -0.144. The van der Waals surface area contributed by atoms with E-state index in [1.54, 1.807) is 12.1 Å². The molecule has 0 saturated heterocycles. The summed E-state index contributed by atoms with van der Waals surface area (Å²) in [7, 11) is 1.34. The van der Waals surface area contributed by atoms with Gasteiger partial charge in [-0.3, -0.25) is 0 Å². The number of hydrogen-bond acceptors (Lipinski definition) is 5. The number of aromatic nitrogens is 2. The molecule has 0 saturated carbocycles. The number of aliphatic carboxylic acids is 1. The lowest BCUT2D eigenvalue weighted by Gasteiger charge is -2.16. The third-order valence-electron chi connectivity index (χ3n) is 4.92. The van der Waals surface area contributed by atoms with E-state index < -0.39 is 24.5 Å². The molecule has 1 aromatic heterocycles. The van der Waals surface area contributed by atoms with Crippen LogP contribution in [0.4, 0.5) is 13.2 Å². The van der Waals surface area contributed by atoms with Gasteiger partial charge in [0, 0.05) is 24.2 Å². The molecule has 35 heavy (non-hydrogen) atoms. The molecular weight excluding hydrogens is 512 g/mol. The van der Waals surface area contributed by atoms with Crippen LogP contribution in [-0.4, -0.2) is 33.6 Å². The summed E-state index contributed by atoms with van der Waals surface area (Å²) in [5, 5.41) is 12.9. The van der Waals surface area contributed by atoms with Crippen LogP contribution in [0.3, 0.4) is 0 Å². The maximum absolute atomic E-state index is 14.8. The van der Waals surface area contributed by atoms with Crippen LogP contribution in [0.5, 0.6) is 17.4 Å². The van der Waals surface area contributed by atoms with Crippen molar-refractivity contribution in [1.82, 2.24) is 9.78 Å². The van der Waals surface area contributed by atoms with Gasteiger partial charge in [-0.05, 0) is 37.1 Å². The lowest BCUT2D eigenvalue weighted by Crippen LogP contribution is -3.00. The molecule has 0 bridgehead atoms. The van der Waals surface area contributed by atoms with Gasteiger partial charge < -0.3 is 31.7 Å². The molecule has 0 aliphatic heterocycles. The van der Waals surface area contributed by atoms with Crippen LogP contribution in [0.1, 0.15) is 25.0 Å². The third-order valence-corrected chi connectivity index (χ3v) is 5.26. The summed E-state index contributed by atoms with van der Waals surface area (Å²) in [6, 6.07) is 9.29. The van der Waals surface area contributed by atoms with E-state index in [-0.39, 0.29) is 46.9 Å². The van der Waals surface area contributed by atoms with Gasteiger partial charge >= 0.3 is 12.6 Å². The molecule has 3 aromatic rings. The van der Waals surface area contributed by atoms with E-state index in [0.717, 1.165) is 22.7 Å². The van der Waals surface area contributed by atoms with Gasteiger partial charge in [-0.25, -0.2) is 13.9 Å². The van der Waals surface area contributed by atoms with Crippen molar-refractivity contribution in [3.05, 3.63) is 58.4 Å². The first-order valence-corrected chi connectivity index (χ1v) is 10.6. The first kappa shape index (κ1) is 28.1. The van der Waals surface area contributed by atoms with Crippen LogP contribution in [0.25, 0.3) is 11.3 Å². The summed E-state index contributed by atoms with van der Waals surface area (Å²) in [5.41, 5.74) is 1.45. The number of carbonyl (C=O) groups is 1. The van der Waals surface area contributed by atoms with Gasteiger partial charge in [-0.15, -0.1) is 0 Å². The smallest absolute Gasteiger partial charge is 0.388 e. The Morgan fingerprint density at radius 3 is 2.51 bits per heavy atom. The molecule has 0 spiro atoms. The second kappa shape index (κ2) is 12.0. The van der Waals surface area contributed by atoms with Crippen LogP contribution in [0.15, 0.2) is 36.4 Å². The molecule has 1 atom stereocenters. The van der Waals surface area contributed by atoms with Crippen LogP contribution < -0.4 is 26.6 Å². The molecule has 190 valence electrons. The first-order valence-electron chi connectivity index (χ1n) is 10.2. The number of aryl methyl sites for hydroxylation is 2. The number of carboxylic acid groups (broad SMARTS) is 1. The molecule has 0 radical (unpaired) electrons. The molecule has 0 aliphatic carbocycles. The third kappa shape index (κ3) is 6.73. The van der Waals surface area contributed by atoms with E-state index in [0.29, 0.717) is 11.3 Å². The predicted molar refractivity (Wildman–Crippen MR) is 118 cm³/mol. The minimum absolute atomic E-state index is 0. The summed E-state index contributed by atoms with van der Waals surface area (Å²) in [6.45, 7) is 0.248. The van der Waals surface area contributed by atoms with E-state index in [2.05, 4.69) is 9.84 Å². The lowest BCUT2D eigenvalue weighted by atomic mass is 10.1. The Hall–Kier alpha value is -3.11. The molecule has 1 heterocycles. The van der Waals surface area contributed by atoms with E-state index in [9.17, 15) is 18.0 Å². The second-order valence-electron chi connectivity index (χ2n) is 7.29. The van der Waals surface area contributed by atoms with Crippen molar-refractivity contribution in [2.75, 3.05) is 0 Å². The minimum Gasteiger partial charge on any atom is -1.00 e. The van der Waals surface area contributed by atoms with Crippen molar-refractivity contribution in [2.24, 2.45) is 7.05 Å². The Morgan fingerprint density at radius 2 is 1.91 bits per heavy atom. The fourth-order valence-electron chi connectivity index (χ4n) is 3.09. The van der Waals surface area contributed by atoms with Gasteiger partial charge in [0.15, 0.2) is 6.10 Å². The Bertz CT molecular complexity index is 1190. The van der Waals surface area contributed by atoms with Crippen molar-refractivity contribution in [3.63, 3.8) is 0 Å². The summed E-state index contributed by atoms with van der Waals surface area (Å²) >= 11 is 6.07. The van der Waals surface area contributed by atoms with E-state index in [4.69, 9.17) is 26.2 Å². The van der Waals surface area contributed by atoms with Gasteiger partial charge in [0.2, 0.25) is 5.88 Å². The maximum atomic E-state index is 14.8. The van der Waals surface area contributed by atoms with Crippen molar-refractivity contribution < 1.29 is 49.7 Å². The van der Waals surface area contributed by atoms with Crippen molar-refractivity contribution in [2.45, 2.75) is 39.6 Å².